The second kappa shape index (κ2) is 6.12. The first-order valence-electron chi connectivity index (χ1n) is 5.41. The van der Waals surface area contributed by atoms with Gasteiger partial charge >= 0.3 is 0 Å². The van der Waals surface area contributed by atoms with Gasteiger partial charge in [-0.3, -0.25) is 0 Å². The van der Waals surface area contributed by atoms with Crippen LogP contribution in [0.3, 0.4) is 0 Å². The molecule has 1 unspecified atom stereocenters. The minimum absolute atomic E-state index is 0.635. The zero-order valence-corrected chi connectivity index (χ0v) is 10.5. The Morgan fingerprint density at radius 2 is 2.20 bits per heavy atom. The number of thioether (sulfide) groups is 1. The number of hydrogen-bond acceptors (Lipinski definition) is 4. The average Bonchev–Trinajstić information content (AvgIpc) is 2.58. The molecule has 0 aromatic carbocycles. The molecule has 86 valence electrons. The third kappa shape index (κ3) is 3.50. The zero-order chi connectivity index (χ0) is 11.3. The van der Waals surface area contributed by atoms with E-state index in [1.54, 1.807) is 11.8 Å². The SMILES string of the molecule is CCC(C)CSc1nnc(C)n1CCN. The fourth-order valence-corrected chi connectivity index (χ4v) is 2.34. The molecule has 0 saturated carbocycles. The highest BCUT2D eigenvalue weighted by Gasteiger charge is 2.09. The maximum Gasteiger partial charge on any atom is 0.191 e. The predicted molar refractivity (Wildman–Crippen MR) is 64.0 cm³/mol. The lowest BCUT2D eigenvalue weighted by Gasteiger charge is -2.09. The lowest BCUT2D eigenvalue weighted by Crippen LogP contribution is -2.12. The van der Waals surface area contributed by atoms with Crippen LogP contribution in [0.5, 0.6) is 0 Å². The standard InChI is InChI=1S/C10H20N4S/c1-4-8(2)7-15-10-13-12-9(3)14(10)6-5-11/h8H,4-7,11H2,1-3H3. The van der Waals surface area contributed by atoms with E-state index in [1.807, 2.05) is 6.92 Å². The van der Waals surface area contributed by atoms with Crippen molar-refractivity contribution in [3.8, 4) is 0 Å². The summed E-state index contributed by atoms with van der Waals surface area (Å²) in [5.41, 5.74) is 5.55. The normalized spacial score (nSPS) is 13.1. The highest BCUT2D eigenvalue weighted by atomic mass is 32.2. The van der Waals surface area contributed by atoms with E-state index in [2.05, 4.69) is 28.6 Å². The van der Waals surface area contributed by atoms with Crippen molar-refractivity contribution in [2.45, 2.75) is 38.9 Å². The van der Waals surface area contributed by atoms with Crippen LogP contribution < -0.4 is 5.73 Å². The van der Waals surface area contributed by atoms with Crippen molar-refractivity contribution in [3.63, 3.8) is 0 Å². The number of aryl methyl sites for hydroxylation is 1. The summed E-state index contributed by atoms with van der Waals surface area (Å²) in [6, 6.07) is 0. The third-order valence-corrected chi connectivity index (χ3v) is 3.74. The molecule has 0 saturated heterocycles. The van der Waals surface area contributed by atoms with E-state index in [0.29, 0.717) is 6.54 Å². The van der Waals surface area contributed by atoms with Crippen LogP contribution in [0.25, 0.3) is 0 Å². The van der Waals surface area contributed by atoms with E-state index in [1.165, 1.54) is 6.42 Å². The quantitative estimate of drug-likeness (QED) is 0.753. The second-order valence-electron chi connectivity index (χ2n) is 3.79. The van der Waals surface area contributed by atoms with Crippen LogP contribution in [0.4, 0.5) is 0 Å². The molecule has 0 bridgehead atoms. The maximum absolute atomic E-state index is 5.55. The summed E-state index contributed by atoms with van der Waals surface area (Å²) >= 11 is 1.77. The molecule has 0 spiro atoms. The molecule has 0 aliphatic heterocycles. The van der Waals surface area contributed by atoms with E-state index in [-0.39, 0.29) is 0 Å². The van der Waals surface area contributed by atoms with Crippen molar-refractivity contribution in [2.75, 3.05) is 12.3 Å². The van der Waals surface area contributed by atoms with E-state index in [4.69, 9.17) is 5.73 Å². The number of nitrogens with zero attached hydrogens (tertiary/aromatic N) is 3. The van der Waals surface area contributed by atoms with Gasteiger partial charge < -0.3 is 10.3 Å². The summed E-state index contributed by atoms with van der Waals surface area (Å²) in [6.45, 7) is 7.87. The third-order valence-electron chi connectivity index (χ3n) is 2.45. The van der Waals surface area contributed by atoms with Crippen LogP contribution >= 0.6 is 11.8 Å². The van der Waals surface area contributed by atoms with Crippen LogP contribution in [-0.4, -0.2) is 27.1 Å². The Hall–Kier alpha value is -0.550. The van der Waals surface area contributed by atoms with Gasteiger partial charge in [0, 0.05) is 18.8 Å². The monoisotopic (exact) mass is 228 g/mol. The van der Waals surface area contributed by atoms with Crippen LogP contribution in [0.15, 0.2) is 5.16 Å². The lowest BCUT2D eigenvalue weighted by atomic mass is 10.2. The Morgan fingerprint density at radius 1 is 1.47 bits per heavy atom. The van der Waals surface area contributed by atoms with Crippen molar-refractivity contribution >= 4 is 11.8 Å². The summed E-state index contributed by atoms with van der Waals surface area (Å²) in [6.07, 6.45) is 1.21. The second-order valence-corrected chi connectivity index (χ2v) is 4.78. The van der Waals surface area contributed by atoms with Gasteiger partial charge in [0.15, 0.2) is 5.16 Å². The fourth-order valence-electron chi connectivity index (χ4n) is 1.19. The minimum atomic E-state index is 0.635. The molecular weight excluding hydrogens is 208 g/mol. The van der Waals surface area contributed by atoms with Gasteiger partial charge in [-0.1, -0.05) is 32.0 Å². The number of hydrogen-bond donors (Lipinski definition) is 1. The number of aromatic nitrogens is 3. The number of rotatable bonds is 6. The molecule has 1 atom stereocenters. The average molecular weight is 228 g/mol. The van der Waals surface area contributed by atoms with E-state index >= 15 is 0 Å². The van der Waals surface area contributed by atoms with E-state index < -0.39 is 0 Å². The molecule has 0 radical (unpaired) electrons. The largest absolute Gasteiger partial charge is 0.329 e. The Morgan fingerprint density at radius 3 is 2.80 bits per heavy atom. The summed E-state index contributed by atoms with van der Waals surface area (Å²) < 4.78 is 2.09. The van der Waals surface area contributed by atoms with Gasteiger partial charge in [0.05, 0.1) is 0 Å². The number of nitrogens with two attached hydrogens (primary N) is 1. The Labute approximate surface area is 95.6 Å². The molecule has 0 fully saturated rings. The fraction of sp³-hybridized carbons (Fsp3) is 0.800. The van der Waals surface area contributed by atoms with Crippen molar-refractivity contribution in [3.05, 3.63) is 5.82 Å². The first-order chi connectivity index (χ1) is 7.19. The van der Waals surface area contributed by atoms with Gasteiger partial charge in [-0.05, 0) is 12.8 Å². The predicted octanol–water partition coefficient (Wildman–Crippen LogP) is 1.68. The highest BCUT2D eigenvalue weighted by molar-refractivity contribution is 7.99. The van der Waals surface area contributed by atoms with Crippen LogP contribution in [0.1, 0.15) is 26.1 Å². The first kappa shape index (κ1) is 12.5. The minimum Gasteiger partial charge on any atom is -0.329 e. The van der Waals surface area contributed by atoms with Crippen molar-refractivity contribution < 1.29 is 0 Å². The highest BCUT2D eigenvalue weighted by Crippen LogP contribution is 2.20. The van der Waals surface area contributed by atoms with E-state index in [0.717, 1.165) is 29.2 Å². The van der Waals surface area contributed by atoms with Gasteiger partial charge in [0.25, 0.3) is 0 Å². The van der Waals surface area contributed by atoms with Gasteiger partial charge in [-0.15, -0.1) is 10.2 Å². The molecular formula is C10H20N4S. The van der Waals surface area contributed by atoms with Gasteiger partial charge in [-0.25, -0.2) is 0 Å². The summed E-state index contributed by atoms with van der Waals surface area (Å²) in [5.74, 6) is 2.77. The van der Waals surface area contributed by atoms with Gasteiger partial charge in [-0.2, -0.15) is 0 Å². The zero-order valence-electron chi connectivity index (χ0n) is 9.73. The van der Waals surface area contributed by atoms with Crippen molar-refractivity contribution in [1.82, 2.24) is 14.8 Å². The topological polar surface area (TPSA) is 56.7 Å². The molecule has 4 nitrogen and oxygen atoms in total. The summed E-state index contributed by atoms with van der Waals surface area (Å²) in [4.78, 5) is 0. The molecule has 1 aromatic rings. The van der Waals surface area contributed by atoms with Crippen LogP contribution in [0, 0.1) is 12.8 Å². The molecule has 1 rings (SSSR count). The van der Waals surface area contributed by atoms with E-state index in [9.17, 15) is 0 Å². The molecule has 0 amide bonds. The Bertz CT molecular complexity index is 298. The molecule has 1 aromatic heterocycles. The molecule has 5 heteroatoms. The molecule has 2 N–H and O–H groups in total. The van der Waals surface area contributed by atoms with Crippen molar-refractivity contribution in [1.29, 1.82) is 0 Å². The maximum atomic E-state index is 5.55. The molecule has 15 heavy (non-hydrogen) atoms. The van der Waals surface area contributed by atoms with Crippen LogP contribution in [0.2, 0.25) is 0 Å². The van der Waals surface area contributed by atoms with Gasteiger partial charge in [0.1, 0.15) is 5.82 Å². The van der Waals surface area contributed by atoms with Crippen molar-refractivity contribution in [2.24, 2.45) is 11.7 Å². The smallest absolute Gasteiger partial charge is 0.191 e. The van der Waals surface area contributed by atoms with Gasteiger partial charge in [0.2, 0.25) is 0 Å². The molecule has 0 aliphatic carbocycles. The summed E-state index contributed by atoms with van der Waals surface area (Å²) in [7, 11) is 0. The first-order valence-corrected chi connectivity index (χ1v) is 6.40. The summed E-state index contributed by atoms with van der Waals surface area (Å²) in [5, 5.41) is 9.23. The molecule has 1 heterocycles. The Balaban J connectivity index is 2.60. The molecule has 0 aliphatic rings. The Kier molecular flexibility index (Phi) is 5.11. The van der Waals surface area contributed by atoms with Crippen LogP contribution in [-0.2, 0) is 6.54 Å². The lowest BCUT2D eigenvalue weighted by molar-refractivity contribution is 0.616.